The zero-order chi connectivity index (χ0) is 36.3. The van der Waals surface area contributed by atoms with Gasteiger partial charge in [0.1, 0.15) is 11.2 Å². The maximum atomic E-state index is 6.42. The van der Waals surface area contributed by atoms with Crippen molar-refractivity contribution in [3.63, 3.8) is 0 Å². The van der Waals surface area contributed by atoms with E-state index in [1.54, 1.807) is 0 Å². The Morgan fingerprint density at radius 1 is 0.218 bits per heavy atom. The van der Waals surface area contributed by atoms with Crippen LogP contribution in [0, 0.1) is 0 Å². The van der Waals surface area contributed by atoms with Gasteiger partial charge in [-0.2, -0.15) is 0 Å². The molecule has 0 fully saturated rings. The smallest absolute Gasteiger partial charge is 0.136 e. The van der Waals surface area contributed by atoms with Gasteiger partial charge in [0.05, 0.1) is 0 Å². The lowest BCUT2D eigenvalue weighted by Crippen LogP contribution is -1.91. The van der Waals surface area contributed by atoms with Crippen LogP contribution in [0.1, 0.15) is 0 Å². The molecule has 0 aliphatic rings. The summed E-state index contributed by atoms with van der Waals surface area (Å²) in [6, 6.07) is 74.9. The van der Waals surface area contributed by atoms with E-state index < -0.39 is 0 Å². The number of furan rings is 1. The molecule has 0 amide bonds. The van der Waals surface area contributed by atoms with E-state index in [1.165, 1.54) is 88.0 Å². The van der Waals surface area contributed by atoms with E-state index in [-0.39, 0.29) is 0 Å². The molecule has 1 heterocycles. The van der Waals surface area contributed by atoms with Crippen LogP contribution in [0.3, 0.4) is 0 Å². The highest BCUT2D eigenvalue weighted by molar-refractivity contribution is 6.22. The maximum absolute atomic E-state index is 6.42. The first-order valence-electron chi connectivity index (χ1n) is 18.9. The van der Waals surface area contributed by atoms with Crippen LogP contribution in [0.4, 0.5) is 0 Å². The largest absolute Gasteiger partial charge is 0.456 e. The van der Waals surface area contributed by atoms with Gasteiger partial charge in [0.2, 0.25) is 0 Å². The fourth-order valence-electron chi connectivity index (χ4n) is 8.61. The van der Waals surface area contributed by atoms with Gasteiger partial charge in [-0.05, 0) is 136 Å². The van der Waals surface area contributed by atoms with Gasteiger partial charge in [0.25, 0.3) is 0 Å². The SMILES string of the molecule is c1ccc(-c2cc(-c3ccccc3)cc(-c3cccc(-c4c5ccccc5c(-c5ccc6oc7cc8ccccc8cc7c6c5)c5ccccc45)c3)c2)cc1. The van der Waals surface area contributed by atoms with Crippen LogP contribution in [-0.2, 0) is 0 Å². The molecule has 0 radical (unpaired) electrons. The number of rotatable bonds is 5. The molecule has 1 nitrogen and oxygen atoms in total. The van der Waals surface area contributed by atoms with Crippen LogP contribution in [0.15, 0.2) is 211 Å². The van der Waals surface area contributed by atoms with Crippen molar-refractivity contribution in [2.45, 2.75) is 0 Å². The van der Waals surface area contributed by atoms with E-state index in [0.717, 1.165) is 21.9 Å². The van der Waals surface area contributed by atoms with Gasteiger partial charge >= 0.3 is 0 Å². The number of hydrogen-bond donors (Lipinski definition) is 0. The van der Waals surface area contributed by atoms with E-state index >= 15 is 0 Å². The zero-order valence-electron chi connectivity index (χ0n) is 30.0. The average Bonchev–Trinajstić information content (AvgIpc) is 3.61. The molecule has 0 unspecified atom stereocenters. The van der Waals surface area contributed by atoms with Crippen LogP contribution in [0.2, 0.25) is 0 Å². The Hall–Kier alpha value is -7.22. The van der Waals surface area contributed by atoms with Crippen molar-refractivity contribution in [3.8, 4) is 55.6 Å². The number of benzene rings is 10. The van der Waals surface area contributed by atoms with Crippen molar-refractivity contribution in [1.29, 1.82) is 0 Å². The quantitative estimate of drug-likeness (QED) is 0.163. The summed E-state index contributed by atoms with van der Waals surface area (Å²) in [5, 5.41) is 9.62. The molecule has 0 atom stereocenters. The minimum Gasteiger partial charge on any atom is -0.456 e. The molecule has 0 aliphatic heterocycles. The molecule has 256 valence electrons. The Labute approximate surface area is 319 Å². The summed E-state index contributed by atoms with van der Waals surface area (Å²) >= 11 is 0. The molecule has 0 N–H and O–H groups in total. The van der Waals surface area contributed by atoms with Gasteiger partial charge in [-0.1, -0.05) is 158 Å². The maximum Gasteiger partial charge on any atom is 0.136 e. The van der Waals surface area contributed by atoms with Gasteiger partial charge < -0.3 is 4.42 Å². The highest BCUT2D eigenvalue weighted by Crippen LogP contribution is 2.46. The predicted octanol–water partition coefficient (Wildman–Crippen LogP) is 15.4. The summed E-state index contributed by atoms with van der Waals surface area (Å²) in [5.74, 6) is 0. The topological polar surface area (TPSA) is 13.1 Å². The Kier molecular flexibility index (Phi) is 7.25. The van der Waals surface area contributed by atoms with Crippen molar-refractivity contribution in [3.05, 3.63) is 206 Å². The molecule has 0 bridgehead atoms. The van der Waals surface area contributed by atoms with E-state index in [2.05, 4.69) is 206 Å². The van der Waals surface area contributed by atoms with Gasteiger partial charge in [-0.25, -0.2) is 0 Å². The fraction of sp³-hybridized carbons (Fsp3) is 0. The highest BCUT2D eigenvalue weighted by Gasteiger charge is 2.19. The lowest BCUT2D eigenvalue weighted by Gasteiger charge is -2.18. The van der Waals surface area contributed by atoms with E-state index in [1.807, 2.05) is 0 Å². The molecule has 1 heteroatoms. The van der Waals surface area contributed by atoms with E-state index in [0.29, 0.717) is 0 Å². The van der Waals surface area contributed by atoms with Gasteiger partial charge in [0, 0.05) is 10.8 Å². The van der Waals surface area contributed by atoms with Crippen molar-refractivity contribution >= 4 is 54.3 Å². The molecule has 55 heavy (non-hydrogen) atoms. The minimum absolute atomic E-state index is 0.905. The second-order valence-electron chi connectivity index (χ2n) is 14.5. The summed E-state index contributed by atoms with van der Waals surface area (Å²) in [4.78, 5) is 0. The predicted molar refractivity (Wildman–Crippen MR) is 233 cm³/mol. The summed E-state index contributed by atoms with van der Waals surface area (Å²) < 4.78 is 6.42. The Morgan fingerprint density at radius 3 is 1.22 bits per heavy atom. The third kappa shape index (κ3) is 5.32. The van der Waals surface area contributed by atoms with Crippen LogP contribution in [0.5, 0.6) is 0 Å². The molecule has 0 saturated heterocycles. The molecular weight excluding hydrogens is 665 g/mol. The first kappa shape index (κ1) is 31.3. The molecule has 0 spiro atoms. The molecule has 0 saturated carbocycles. The summed E-state index contributed by atoms with van der Waals surface area (Å²) in [7, 11) is 0. The second kappa shape index (κ2) is 12.7. The lowest BCUT2D eigenvalue weighted by atomic mass is 9.85. The summed E-state index contributed by atoms with van der Waals surface area (Å²) in [5.41, 5.74) is 13.9. The number of fused-ring (bicyclic) bond motifs is 6. The Bertz CT molecular complexity index is 3130. The van der Waals surface area contributed by atoms with Crippen LogP contribution < -0.4 is 0 Å². The van der Waals surface area contributed by atoms with Crippen molar-refractivity contribution in [2.75, 3.05) is 0 Å². The van der Waals surface area contributed by atoms with Crippen molar-refractivity contribution < 1.29 is 4.42 Å². The third-order valence-electron chi connectivity index (χ3n) is 11.2. The monoisotopic (exact) mass is 698 g/mol. The zero-order valence-corrected chi connectivity index (χ0v) is 30.0. The van der Waals surface area contributed by atoms with Crippen LogP contribution in [-0.4, -0.2) is 0 Å². The second-order valence-corrected chi connectivity index (χ2v) is 14.5. The van der Waals surface area contributed by atoms with Gasteiger partial charge in [-0.3, -0.25) is 0 Å². The standard InChI is InChI=1S/C54H34O/c1-3-14-35(15-4-1)42-29-43(36-16-5-2-6-17-36)31-44(30-42)37-20-13-21-40(28-37)53-45-22-9-11-24-47(45)54(48-25-12-10-23-46(48)53)41-26-27-51-49(33-41)50-32-38-18-7-8-19-39(38)34-52(50)55-51/h1-34H. The van der Waals surface area contributed by atoms with E-state index in [4.69, 9.17) is 4.42 Å². The molecular formula is C54H34O. The molecule has 11 rings (SSSR count). The lowest BCUT2D eigenvalue weighted by molar-refractivity contribution is 0.669. The van der Waals surface area contributed by atoms with Crippen molar-refractivity contribution in [2.24, 2.45) is 0 Å². The average molecular weight is 699 g/mol. The fourth-order valence-corrected chi connectivity index (χ4v) is 8.61. The third-order valence-corrected chi connectivity index (χ3v) is 11.2. The molecule has 1 aromatic heterocycles. The van der Waals surface area contributed by atoms with E-state index in [9.17, 15) is 0 Å². The highest BCUT2D eigenvalue weighted by atomic mass is 16.3. The molecule has 0 aliphatic carbocycles. The first-order valence-corrected chi connectivity index (χ1v) is 18.9. The first-order chi connectivity index (χ1) is 27.2. The Balaban J connectivity index is 1.11. The van der Waals surface area contributed by atoms with Crippen molar-refractivity contribution in [1.82, 2.24) is 0 Å². The van der Waals surface area contributed by atoms with Gasteiger partial charge in [-0.15, -0.1) is 0 Å². The van der Waals surface area contributed by atoms with Gasteiger partial charge in [0.15, 0.2) is 0 Å². The van der Waals surface area contributed by atoms with Crippen LogP contribution >= 0.6 is 0 Å². The normalized spacial score (nSPS) is 11.6. The summed E-state index contributed by atoms with van der Waals surface area (Å²) in [6.45, 7) is 0. The molecule has 11 aromatic rings. The Morgan fingerprint density at radius 2 is 0.636 bits per heavy atom. The van der Waals surface area contributed by atoms with Crippen LogP contribution in [0.25, 0.3) is 110 Å². The minimum atomic E-state index is 0.905. The number of hydrogen-bond acceptors (Lipinski definition) is 1. The summed E-state index contributed by atoms with van der Waals surface area (Å²) in [6.07, 6.45) is 0. The molecule has 10 aromatic carbocycles.